The van der Waals surface area contributed by atoms with Crippen molar-refractivity contribution in [1.29, 1.82) is 0 Å². The highest BCUT2D eigenvalue weighted by molar-refractivity contribution is 5.93. The standard InChI is InChI=1S/C22H17F3N4O3/c23-22(24,25)20-19(31-10-28-20)21(30)29-8-7-13-16(27-9-26-13)17(29)18-15(11-5-6-11)12-3-1-2-4-14(12)32-18/h1-4,9-11,17H,5-8H2,(H,26,27)/t17-/m1/s1. The van der Waals surface area contributed by atoms with E-state index >= 15 is 0 Å². The lowest BCUT2D eigenvalue weighted by molar-refractivity contribution is -0.141. The van der Waals surface area contributed by atoms with Crippen LogP contribution in [0.4, 0.5) is 13.2 Å². The van der Waals surface area contributed by atoms with Crippen molar-refractivity contribution in [3.63, 3.8) is 0 Å². The van der Waals surface area contributed by atoms with Crippen molar-refractivity contribution in [3.05, 3.63) is 71.2 Å². The fourth-order valence-corrected chi connectivity index (χ4v) is 4.57. The highest BCUT2D eigenvalue weighted by Crippen LogP contribution is 2.50. The maximum Gasteiger partial charge on any atom is 0.437 e. The Morgan fingerprint density at radius 1 is 1.19 bits per heavy atom. The Labute approximate surface area is 179 Å². The molecule has 1 N–H and O–H groups in total. The highest BCUT2D eigenvalue weighted by atomic mass is 19.4. The molecule has 0 saturated heterocycles. The van der Waals surface area contributed by atoms with Crippen molar-refractivity contribution in [1.82, 2.24) is 19.9 Å². The third-order valence-electron chi connectivity index (χ3n) is 6.11. The van der Waals surface area contributed by atoms with Crippen LogP contribution in [-0.2, 0) is 12.6 Å². The Morgan fingerprint density at radius 2 is 2.00 bits per heavy atom. The molecule has 1 aromatic carbocycles. The number of hydrogen-bond donors (Lipinski definition) is 1. The predicted octanol–water partition coefficient (Wildman–Crippen LogP) is 4.83. The third kappa shape index (κ3) is 2.85. The molecular formula is C22H17F3N4O3. The highest BCUT2D eigenvalue weighted by Gasteiger charge is 2.46. The molecule has 10 heteroatoms. The zero-order chi connectivity index (χ0) is 22.0. The number of oxazole rings is 1. The molecule has 1 amide bonds. The lowest BCUT2D eigenvalue weighted by atomic mass is 9.94. The van der Waals surface area contributed by atoms with Crippen molar-refractivity contribution < 1.29 is 26.8 Å². The van der Waals surface area contributed by atoms with Gasteiger partial charge in [0.2, 0.25) is 5.76 Å². The minimum Gasteiger partial charge on any atom is -0.458 e. The fraction of sp³-hybridized carbons (Fsp3) is 0.318. The lowest BCUT2D eigenvalue weighted by Gasteiger charge is -2.34. The molecule has 0 unspecified atom stereocenters. The van der Waals surface area contributed by atoms with Crippen LogP contribution >= 0.6 is 0 Å². The summed E-state index contributed by atoms with van der Waals surface area (Å²) in [6, 6.07) is 6.83. The van der Waals surface area contributed by atoms with Crippen LogP contribution in [-0.4, -0.2) is 32.3 Å². The van der Waals surface area contributed by atoms with Crippen LogP contribution in [0.5, 0.6) is 0 Å². The maximum absolute atomic E-state index is 13.4. The number of benzene rings is 1. The molecule has 3 aromatic heterocycles. The molecule has 0 bridgehead atoms. The molecule has 4 heterocycles. The number of imidazole rings is 1. The summed E-state index contributed by atoms with van der Waals surface area (Å²) in [5.41, 5.74) is 1.73. The van der Waals surface area contributed by atoms with E-state index in [1.807, 2.05) is 24.3 Å². The van der Waals surface area contributed by atoms with E-state index in [0.29, 0.717) is 29.9 Å². The van der Waals surface area contributed by atoms with Gasteiger partial charge >= 0.3 is 6.18 Å². The van der Waals surface area contributed by atoms with E-state index in [1.165, 1.54) is 11.2 Å². The second kappa shape index (κ2) is 6.72. The number of nitrogens with one attached hydrogen (secondary N) is 1. The van der Waals surface area contributed by atoms with Crippen molar-refractivity contribution in [3.8, 4) is 0 Å². The number of hydrogen-bond acceptors (Lipinski definition) is 5. The van der Waals surface area contributed by atoms with E-state index in [9.17, 15) is 18.0 Å². The van der Waals surface area contributed by atoms with Crippen molar-refractivity contribution in [2.24, 2.45) is 0 Å². The van der Waals surface area contributed by atoms with Crippen LogP contribution < -0.4 is 0 Å². The van der Waals surface area contributed by atoms with Crippen molar-refractivity contribution in [2.45, 2.75) is 37.4 Å². The second-order valence-corrected chi connectivity index (χ2v) is 8.10. The van der Waals surface area contributed by atoms with Gasteiger partial charge in [0, 0.05) is 29.6 Å². The number of alkyl halides is 3. The maximum atomic E-state index is 13.4. The topological polar surface area (TPSA) is 88.2 Å². The molecule has 7 nitrogen and oxygen atoms in total. The average Bonchev–Trinajstić information content (AvgIpc) is 3.20. The normalized spacial score (nSPS) is 18.8. The monoisotopic (exact) mass is 442 g/mol. The van der Waals surface area contributed by atoms with Gasteiger partial charge in [-0.05, 0) is 24.8 Å². The lowest BCUT2D eigenvalue weighted by Crippen LogP contribution is -2.41. The molecule has 1 aliphatic heterocycles. The summed E-state index contributed by atoms with van der Waals surface area (Å²) in [6.45, 7) is 0.178. The predicted molar refractivity (Wildman–Crippen MR) is 105 cm³/mol. The molecule has 2 aliphatic rings. The first kappa shape index (κ1) is 19.1. The van der Waals surface area contributed by atoms with Gasteiger partial charge in [-0.2, -0.15) is 13.2 Å². The van der Waals surface area contributed by atoms with E-state index < -0.39 is 29.6 Å². The molecule has 1 saturated carbocycles. The van der Waals surface area contributed by atoms with Crippen LogP contribution in [0, 0.1) is 0 Å². The minimum absolute atomic E-state index is 0.178. The first-order valence-electron chi connectivity index (χ1n) is 10.3. The van der Waals surface area contributed by atoms with Gasteiger partial charge in [-0.25, -0.2) is 9.97 Å². The third-order valence-corrected chi connectivity index (χ3v) is 6.11. The number of carbonyl (C=O) groups excluding carboxylic acids is 1. The number of nitrogens with zero attached hydrogens (tertiary/aromatic N) is 3. The molecule has 32 heavy (non-hydrogen) atoms. The van der Waals surface area contributed by atoms with Gasteiger partial charge in [-0.1, -0.05) is 18.2 Å². The van der Waals surface area contributed by atoms with Gasteiger partial charge in [-0.3, -0.25) is 4.79 Å². The molecule has 0 radical (unpaired) electrons. The number of furan rings is 1. The number of rotatable bonds is 3. The Kier molecular flexibility index (Phi) is 4.02. The molecule has 1 atom stereocenters. The van der Waals surface area contributed by atoms with E-state index in [1.54, 1.807) is 0 Å². The molecule has 1 fully saturated rings. The summed E-state index contributed by atoms with van der Waals surface area (Å²) < 4.78 is 51.4. The van der Waals surface area contributed by atoms with Crippen LogP contribution in [0.2, 0.25) is 0 Å². The van der Waals surface area contributed by atoms with Gasteiger partial charge < -0.3 is 18.7 Å². The summed E-state index contributed by atoms with van der Waals surface area (Å²) in [4.78, 5) is 25.5. The number of amides is 1. The summed E-state index contributed by atoms with van der Waals surface area (Å²) in [6.07, 6.45) is -0.228. The summed E-state index contributed by atoms with van der Waals surface area (Å²) in [5, 5.41) is 0.954. The molecule has 0 spiro atoms. The summed E-state index contributed by atoms with van der Waals surface area (Å²) in [7, 11) is 0. The van der Waals surface area contributed by atoms with Gasteiger partial charge in [0.15, 0.2) is 12.1 Å². The zero-order valence-corrected chi connectivity index (χ0v) is 16.6. The first-order valence-corrected chi connectivity index (χ1v) is 10.3. The van der Waals surface area contributed by atoms with Crippen LogP contribution in [0.3, 0.4) is 0 Å². The molecule has 164 valence electrons. The Morgan fingerprint density at radius 3 is 2.78 bits per heavy atom. The number of fused-ring (bicyclic) bond motifs is 2. The second-order valence-electron chi connectivity index (χ2n) is 8.10. The van der Waals surface area contributed by atoms with Crippen LogP contribution in [0.15, 0.2) is 45.8 Å². The molecule has 6 rings (SSSR count). The molecule has 4 aromatic rings. The van der Waals surface area contributed by atoms with Crippen LogP contribution in [0.25, 0.3) is 11.0 Å². The summed E-state index contributed by atoms with van der Waals surface area (Å²) in [5.74, 6) is -0.893. The van der Waals surface area contributed by atoms with Crippen molar-refractivity contribution in [2.75, 3.05) is 6.54 Å². The van der Waals surface area contributed by atoms with E-state index in [2.05, 4.69) is 15.0 Å². The molecular weight excluding hydrogens is 425 g/mol. The molecule has 1 aliphatic carbocycles. The smallest absolute Gasteiger partial charge is 0.437 e. The van der Waals surface area contributed by atoms with Gasteiger partial charge in [-0.15, -0.1) is 0 Å². The summed E-state index contributed by atoms with van der Waals surface area (Å²) >= 11 is 0. The quantitative estimate of drug-likeness (QED) is 0.491. The number of halogens is 3. The zero-order valence-electron chi connectivity index (χ0n) is 16.6. The average molecular weight is 442 g/mol. The van der Waals surface area contributed by atoms with E-state index in [4.69, 9.17) is 8.83 Å². The SMILES string of the molecule is O=C(c1ocnc1C(F)(F)F)N1CCc2[nH]cnc2[C@@H]1c1oc2ccccc2c1C1CC1. The van der Waals surface area contributed by atoms with Gasteiger partial charge in [0.25, 0.3) is 5.91 Å². The van der Waals surface area contributed by atoms with Crippen LogP contribution in [0.1, 0.15) is 63.8 Å². The number of para-hydroxylation sites is 1. The van der Waals surface area contributed by atoms with Crippen molar-refractivity contribution >= 4 is 16.9 Å². The van der Waals surface area contributed by atoms with Gasteiger partial charge in [0.05, 0.1) is 12.0 Å². The first-order chi connectivity index (χ1) is 15.4. The van der Waals surface area contributed by atoms with E-state index in [0.717, 1.165) is 29.5 Å². The van der Waals surface area contributed by atoms with Gasteiger partial charge in [0.1, 0.15) is 17.4 Å². The number of carbonyl (C=O) groups is 1. The Balaban J connectivity index is 1.52. The number of H-pyrrole nitrogens is 1. The largest absolute Gasteiger partial charge is 0.458 e. The fourth-order valence-electron chi connectivity index (χ4n) is 4.57. The number of aromatic amines is 1. The number of aromatic nitrogens is 3. The Hall–Kier alpha value is -3.56. The van der Waals surface area contributed by atoms with E-state index in [-0.39, 0.29) is 12.5 Å². The minimum atomic E-state index is -4.81. The Bertz CT molecular complexity index is 1330.